The number of pyridine rings is 1. The molecule has 11 heavy (non-hydrogen) atoms. The minimum atomic E-state index is -1.15. The lowest BCUT2D eigenvalue weighted by Crippen LogP contribution is -1.97. The van der Waals surface area contributed by atoms with Crippen molar-refractivity contribution in [1.29, 1.82) is 0 Å². The van der Waals surface area contributed by atoms with Crippen LogP contribution in [0.15, 0.2) is 12.3 Å². The van der Waals surface area contributed by atoms with E-state index in [4.69, 9.17) is 11.6 Å². The molecule has 2 rings (SSSR count). The smallest absolute Gasteiger partial charge is 0.137 e. The van der Waals surface area contributed by atoms with Crippen LogP contribution in [0.2, 0.25) is 5.15 Å². The molecule has 1 nitrogen and oxygen atoms in total. The van der Waals surface area contributed by atoms with Gasteiger partial charge in [0.15, 0.2) is 0 Å². The van der Waals surface area contributed by atoms with Crippen molar-refractivity contribution < 1.29 is 4.39 Å². The zero-order valence-corrected chi connectivity index (χ0v) is 6.53. The van der Waals surface area contributed by atoms with Crippen molar-refractivity contribution in [2.75, 3.05) is 0 Å². The second-order valence-corrected chi connectivity index (χ2v) is 3.10. The lowest BCUT2D eigenvalue weighted by Gasteiger charge is -2.02. The average molecular weight is 171 g/mol. The van der Waals surface area contributed by atoms with Crippen LogP contribution in [0.5, 0.6) is 0 Å². The van der Waals surface area contributed by atoms with Gasteiger partial charge in [-0.2, -0.15) is 0 Å². The van der Waals surface area contributed by atoms with Crippen LogP contribution in [0, 0.1) is 6.07 Å². The Bertz CT molecular complexity index is 283. The lowest BCUT2D eigenvalue weighted by atomic mass is 10.1. The topological polar surface area (TPSA) is 12.9 Å². The Kier molecular flexibility index (Phi) is 1.39. The molecule has 1 aliphatic rings. The van der Waals surface area contributed by atoms with Gasteiger partial charge in [0, 0.05) is 17.8 Å². The molecule has 1 aromatic heterocycles. The fourth-order valence-electron chi connectivity index (χ4n) is 1.00. The predicted octanol–water partition coefficient (Wildman–Crippen LogP) is 2.49. The molecule has 0 atom stereocenters. The Balaban J connectivity index is 2.38. The van der Waals surface area contributed by atoms with Crippen LogP contribution in [0.4, 0.5) is 4.39 Å². The minimum absolute atomic E-state index is 0.242. The van der Waals surface area contributed by atoms with E-state index in [0.29, 0.717) is 18.4 Å². The van der Waals surface area contributed by atoms with E-state index < -0.39 is 5.67 Å². The Morgan fingerprint density at radius 2 is 2.36 bits per heavy atom. The van der Waals surface area contributed by atoms with E-state index in [1.165, 1.54) is 6.20 Å². The molecule has 0 spiro atoms. The largest absolute Gasteiger partial charge is 0.244 e. The highest BCUT2D eigenvalue weighted by Gasteiger charge is 2.45. The summed E-state index contributed by atoms with van der Waals surface area (Å²) in [6.07, 6.45) is 2.68. The first kappa shape index (κ1) is 7.04. The summed E-state index contributed by atoms with van der Waals surface area (Å²) in [5, 5.41) is 0.242. The number of aromatic nitrogens is 1. The Morgan fingerprint density at radius 3 is 2.91 bits per heavy atom. The van der Waals surface area contributed by atoms with Crippen LogP contribution in [-0.4, -0.2) is 4.98 Å². The fourth-order valence-corrected chi connectivity index (χ4v) is 1.16. The highest BCUT2D eigenvalue weighted by Crippen LogP contribution is 2.49. The molecular weight excluding hydrogens is 165 g/mol. The molecule has 0 saturated heterocycles. The number of alkyl halides is 1. The summed E-state index contributed by atoms with van der Waals surface area (Å²) in [4.78, 5) is 3.72. The van der Waals surface area contributed by atoms with E-state index in [2.05, 4.69) is 11.1 Å². The van der Waals surface area contributed by atoms with Gasteiger partial charge < -0.3 is 0 Å². The molecule has 0 amide bonds. The number of rotatable bonds is 1. The van der Waals surface area contributed by atoms with Crippen LogP contribution in [0.25, 0.3) is 0 Å². The molecule has 0 bridgehead atoms. The van der Waals surface area contributed by atoms with Crippen molar-refractivity contribution in [3.63, 3.8) is 0 Å². The maximum absolute atomic E-state index is 13.3. The van der Waals surface area contributed by atoms with Gasteiger partial charge in [-0.3, -0.25) is 0 Å². The zero-order valence-electron chi connectivity index (χ0n) is 5.77. The molecule has 1 radical (unpaired) electrons. The molecule has 1 saturated carbocycles. The molecule has 0 aromatic carbocycles. The Morgan fingerprint density at radius 1 is 1.64 bits per heavy atom. The molecule has 1 heterocycles. The van der Waals surface area contributed by atoms with Gasteiger partial charge in [0.1, 0.15) is 10.8 Å². The summed E-state index contributed by atoms with van der Waals surface area (Å²) in [6, 6.07) is 4.31. The Labute approximate surface area is 69.2 Å². The maximum atomic E-state index is 13.3. The van der Waals surface area contributed by atoms with E-state index in [1.54, 1.807) is 6.07 Å². The number of hydrogen-bond acceptors (Lipinski definition) is 1. The summed E-state index contributed by atoms with van der Waals surface area (Å²) in [5.41, 5.74) is -0.607. The van der Waals surface area contributed by atoms with Crippen molar-refractivity contribution in [3.05, 3.63) is 29.0 Å². The maximum Gasteiger partial charge on any atom is 0.137 e. The van der Waals surface area contributed by atoms with Gasteiger partial charge in [-0.15, -0.1) is 0 Å². The second-order valence-electron chi connectivity index (χ2n) is 2.74. The molecule has 0 aliphatic heterocycles. The number of nitrogens with zero attached hydrogens (tertiary/aromatic N) is 1. The highest BCUT2D eigenvalue weighted by molar-refractivity contribution is 6.29. The minimum Gasteiger partial charge on any atom is -0.244 e. The van der Waals surface area contributed by atoms with Crippen molar-refractivity contribution in [1.82, 2.24) is 4.98 Å². The van der Waals surface area contributed by atoms with Crippen LogP contribution in [0.3, 0.4) is 0 Å². The molecule has 1 fully saturated rings. The molecule has 57 valence electrons. The monoisotopic (exact) mass is 170 g/mol. The molecular formula is C8H6ClFN. The molecule has 1 aromatic rings. The molecule has 0 N–H and O–H groups in total. The van der Waals surface area contributed by atoms with Crippen LogP contribution < -0.4 is 0 Å². The first-order valence-corrected chi connectivity index (χ1v) is 3.82. The van der Waals surface area contributed by atoms with Crippen LogP contribution >= 0.6 is 11.6 Å². The SMILES string of the molecule is FC1(c2[c]c(Cl)ncc2)CC1. The van der Waals surface area contributed by atoms with Gasteiger partial charge in [-0.25, -0.2) is 9.37 Å². The molecule has 3 heteroatoms. The first-order chi connectivity index (χ1) is 5.21. The van der Waals surface area contributed by atoms with Crippen molar-refractivity contribution in [3.8, 4) is 0 Å². The van der Waals surface area contributed by atoms with E-state index in [-0.39, 0.29) is 5.15 Å². The second kappa shape index (κ2) is 2.18. The highest BCUT2D eigenvalue weighted by atomic mass is 35.5. The standard InChI is InChI=1S/C8H6ClFN/c9-7-5-6(1-4-11-7)8(10)2-3-8/h1,4H,2-3H2. The van der Waals surface area contributed by atoms with E-state index in [9.17, 15) is 4.39 Å². The van der Waals surface area contributed by atoms with Gasteiger partial charge in [-0.1, -0.05) is 11.6 Å². The van der Waals surface area contributed by atoms with E-state index >= 15 is 0 Å². The quantitative estimate of drug-likeness (QED) is 0.591. The van der Waals surface area contributed by atoms with Crippen LogP contribution in [-0.2, 0) is 5.67 Å². The summed E-state index contributed by atoms with van der Waals surface area (Å²) in [6.45, 7) is 0. The average Bonchev–Trinajstić information content (AvgIpc) is 2.70. The van der Waals surface area contributed by atoms with Gasteiger partial charge in [-0.05, 0) is 18.9 Å². The summed E-state index contributed by atoms with van der Waals surface area (Å²) < 4.78 is 13.3. The summed E-state index contributed by atoms with van der Waals surface area (Å²) in [7, 11) is 0. The Hall–Kier alpha value is -0.630. The first-order valence-electron chi connectivity index (χ1n) is 3.44. The van der Waals surface area contributed by atoms with E-state index in [0.717, 1.165) is 0 Å². The van der Waals surface area contributed by atoms with Gasteiger partial charge in [0.25, 0.3) is 0 Å². The van der Waals surface area contributed by atoms with Crippen molar-refractivity contribution in [2.45, 2.75) is 18.5 Å². The van der Waals surface area contributed by atoms with Gasteiger partial charge in [0.05, 0.1) is 0 Å². The number of hydrogen-bond donors (Lipinski definition) is 0. The third kappa shape index (κ3) is 1.23. The molecule has 0 unspecified atom stereocenters. The van der Waals surface area contributed by atoms with Gasteiger partial charge in [0.2, 0.25) is 0 Å². The third-order valence-electron chi connectivity index (χ3n) is 1.84. The third-order valence-corrected chi connectivity index (χ3v) is 2.03. The summed E-state index contributed by atoms with van der Waals surface area (Å²) in [5.74, 6) is 0. The van der Waals surface area contributed by atoms with Crippen LogP contribution in [0.1, 0.15) is 18.4 Å². The van der Waals surface area contributed by atoms with Crippen molar-refractivity contribution in [2.24, 2.45) is 0 Å². The fraction of sp³-hybridized carbons (Fsp3) is 0.375. The normalized spacial score (nSPS) is 19.8. The van der Waals surface area contributed by atoms with E-state index in [1.807, 2.05) is 0 Å². The van der Waals surface area contributed by atoms with Gasteiger partial charge >= 0.3 is 0 Å². The van der Waals surface area contributed by atoms with Crippen molar-refractivity contribution >= 4 is 11.6 Å². The summed E-state index contributed by atoms with van der Waals surface area (Å²) >= 11 is 5.55. The predicted molar refractivity (Wildman–Crippen MR) is 40.1 cm³/mol. The number of halogens is 2. The lowest BCUT2D eigenvalue weighted by molar-refractivity contribution is 0.317. The zero-order chi connectivity index (χ0) is 7.90. The molecule has 1 aliphatic carbocycles.